The van der Waals surface area contributed by atoms with Crippen molar-refractivity contribution in [3.05, 3.63) is 35.2 Å². The van der Waals surface area contributed by atoms with Gasteiger partial charge in [0, 0.05) is 0 Å². The van der Waals surface area contributed by atoms with Crippen molar-refractivity contribution in [2.45, 2.75) is 129 Å². The van der Waals surface area contributed by atoms with Gasteiger partial charge in [0.05, 0.1) is 13.3 Å². The lowest BCUT2D eigenvalue weighted by Crippen LogP contribution is -2.25. The van der Waals surface area contributed by atoms with E-state index in [1.54, 1.807) is 0 Å². The molecule has 0 heterocycles. The maximum absolute atomic E-state index is 14.7. The van der Waals surface area contributed by atoms with E-state index < -0.39 is 17.6 Å². The minimum Gasteiger partial charge on any atom is -0.491 e. The minimum absolute atomic E-state index is 0.120. The molecule has 0 saturated heterocycles. The minimum atomic E-state index is -4.78. The fourth-order valence-electron chi connectivity index (χ4n) is 8.13. The summed E-state index contributed by atoms with van der Waals surface area (Å²) in [6.45, 7) is 1.84. The van der Waals surface area contributed by atoms with E-state index in [0.717, 1.165) is 68.1 Å². The predicted molar refractivity (Wildman–Crippen MR) is 162 cm³/mol. The Bertz CT molecular complexity index is 948. The summed E-state index contributed by atoms with van der Waals surface area (Å²) in [5, 5.41) is 0. The van der Waals surface area contributed by atoms with Crippen LogP contribution in [0.25, 0.3) is 6.08 Å². The largest absolute Gasteiger partial charge is 0.491 e. The molecule has 0 aromatic heterocycles. The molecule has 238 valence electrons. The Hall–Kier alpha value is -1.59. The highest BCUT2D eigenvalue weighted by molar-refractivity contribution is 5.57. The number of unbranched alkanes of at least 4 members (excludes halogenated alkanes) is 1. The van der Waals surface area contributed by atoms with E-state index in [2.05, 4.69) is 0 Å². The van der Waals surface area contributed by atoms with Gasteiger partial charge in [0.15, 0.2) is 11.6 Å². The summed E-state index contributed by atoms with van der Waals surface area (Å²) in [6, 6.07) is 2.65. The van der Waals surface area contributed by atoms with Crippen LogP contribution in [0.3, 0.4) is 0 Å². The van der Waals surface area contributed by atoms with Crippen molar-refractivity contribution in [2.75, 3.05) is 13.3 Å². The van der Waals surface area contributed by atoms with Gasteiger partial charge in [0.25, 0.3) is 0 Å². The Kier molecular flexibility index (Phi) is 13.1. The number of rotatable bonds is 13. The van der Waals surface area contributed by atoms with E-state index in [0.29, 0.717) is 6.42 Å². The molecule has 6 heteroatoms. The molecule has 4 rings (SSSR count). The fraction of sp³-hybridized carbons (Fsp3) is 0.778. The Morgan fingerprint density at radius 3 is 1.86 bits per heavy atom. The number of hydrogen-bond donors (Lipinski definition) is 0. The molecule has 0 spiro atoms. The predicted octanol–water partition coefficient (Wildman–Crippen LogP) is 12.0. The molecule has 3 fully saturated rings. The summed E-state index contributed by atoms with van der Waals surface area (Å²) in [7, 11) is 0. The lowest BCUT2D eigenvalue weighted by molar-refractivity contribution is -0.140. The zero-order valence-electron chi connectivity index (χ0n) is 25.7. The summed E-state index contributed by atoms with van der Waals surface area (Å²) in [6.07, 6.45) is 20.1. The summed E-state index contributed by atoms with van der Waals surface area (Å²) >= 11 is 0. The quantitative estimate of drug-likeness (QED) is 0.163. The van der Waals surface area contributed by atoms with Crippen molar-refractivity contribution in [3.8, 4) is 5.75 Å². The molecule has 1 aromatic carbocycles. The van der Waals surface area contributed by atoms with Crippen molar-refractivity contribution in [2.24, 2.45) is 35.5 Å². The normalized spacial score (nSPS) is 29.2. The van der Waals surface area contributed by atoms with Crippen LogP contribution < -0.4 is 4.74 Å². The van der Waals surface area contributed by atoms with Gasteiger partial charge in [0.1, 0.15) is 5.56 Å². The average molecular weight is 597 g/mol. The van der Waals surface area contributed by atoms with Gasteiger partial charge in [-0.15, -0.1) is 0 Å². The first-order valence-corrected chi connectivity index (χ1v) is 17.0. The van der Waals surface area contributed by atoms with Gasteiger partial charge in [-0.2, -0.15) is 13.2 Å². The third-order valence-electron chi connectivity index (χ3n) is 10.8. The zero-order chi connectivity index (χ0) is 30.0. The molecule has 0 amide bonds. The summed E-state index contributed by atoms with van der Waals surface area (Å²) in [5.74, 6) is 2.76. The molecule has 0 radical (unpaired) electrons. The van der Waals surface area contributed by atoms with E-state index in [4.69, 9.17) is 4.74 Å². The molecule has 0 unspecified atom stereocenters. The molecule has 1 nitrogen and oxygen atoms in total. The van der Waals surface area contributed by atoms with Crippen LogP contribution in [-0.4, -0.2) is 13.3 Å². The molecule has 0 aliphatic heterocycles. The number of allylic oxidation sites excluding steroid dienone is 1. The second-order valence-electron chi connectivity index (χ2n) is 13.7. The molecule has 1 aromatic rings. The smallest absolute Gasteiger partial charge is 0.419 e. The van der Waals surface area contributed by atoms with Gasteiger partial charge >= 0.3 is 6.18 Å². The van der Waals surface area contributed by atoms with E-state index in [1.807, 2.05) is 13.0 Å². The van der Waals surface area contributed by atoms with Gasteiger partial charge in [-0.3, -0.25) is 4.39 Å². The highest BCUT2D eigenvalue weighted by atomic mass is 19.4. The van der Waals surface area contributed by atoms with Crippen LogP contribution in [0.4, 0.5) is 22.0 Å². The average Bonchev–Trinajstić information content (AvgIpc) is 2.99. The van der Waals surface area contributed by atoms with Crippen LogP contribution in [0.15, 0.2) is 18.2 Å². The fourth-order valence-corrected chi connectivity index (χ4v) is 8.13. The van der Waals surface area contributed by atoms with Crippen LogP contribution in [-0.2, 0) is 6.18 Å². The molecule has 0 atom stereocenters. The molecular formula is C36H53F5O. The molecule has 42 heavy (non-hydrogen) atoms. The number of alkyl halides is 4. The maximum atomic E-state index is 14.7. The first-order valence-electron chi connectivity index (χ1n) is 17.0. The first-order chi connectivity index (χ1) is 20.3. The zero-order valence-corrected chi connectivity index (χ0v) is 25.7. The van der Waals surface area contributed by atoms with Gasteiger partial charge in [-0.05, 0) is 98.5 Å². The van der Waals surface area contributed by atoms with Gasteiger partial charge in [-0.25, -0.2) is 4.39 Å². The number of hydrogen-bond acceptors (Lipinski definition) is 1. The third-order valence-corrected chi connectivity index (χ3v) is 10.8. The molecule has 0 bridgehead atoms. The van der Waals surface area contributed by atoms with Crippen LogP contribution in [0, 0.1) is 41.3 Å². The van der Waals surface area contributed by atoms with Gasteiger partial charge in [0.2, 0.25) is 0 Å². The van der Waals surface area contributed by atoms with Crippen LogP contribution in [0.2, 0.25) is 0 Å². The third kappa shape index (κ3) is 9.71. The van der Waals surface area contributed by atoms with Crippen molar-refractivity contribution < 1.29 is 26.7 Å². The standard InChI is InChI=1S/C36H53F5O/c1-2-25-42-33-23-22-32(34(35(33)38)36(39,40)41)21-16-29-14-19-31(20-15-29)30-17-12-28(13-18-30)11-10-27-8-6-26(7-9-27)5-3-4-24-37/h16,21-23,26-31H,2-15,17-20,24-25H2,1H3/b21-16+. The summed E-state index contributed by atoms with van der Waals surface area (Å²) in [4.78, 5) is 0. The Morgan fingerprint density at radius 2 is 1.31 bits per heavy atom. The topological polar surface area (TPSA) is 9.23 Å². The Labute approximate surface area is 251 Å². The molecular weight excluding hydrogens is 543 g/mol. The molecule has 3 aliphatic carbocycles. The van der Waals surface area contributed by atoms with E-state index in [1.165, 1.54) is 88.8 Å². The van der Waals surface area contributed by atoms with Crippen molar-refractivity contribution in [1.29, 1.82) is 0 Å². The second-order valence-corrected chi connectivity index (χ2v) is 13.7. The molecule has 0 N–H and O–H groups in total. The van der Waals surface area contributed by atoms with Gasteiger partial charge < -0.3 is 4.74 Å². The van der Waals surface area contributed by atoms with Gasteiger partial charge in [-0.1, -0.05) is 89.4 Å². The lowest BCUT2D eigenvalue weighted by atomic mass is 9.68. The van der Waals surface area contributed by atoms with Crippen LogP contribution >= 0.6 is 0 Å². The number of ether oxygens (including phenoxy) is 1. The Balaban J connectivity index is 1.17. The molecule has 3 aliphatic rings. The number of benzene rings is 1. The SMILES string of the molecule is CCCOc1ccc(/C=C/C2CCC(C3CCC(CCC4CCC(CCCCF)CC4)CC3)CC2)c(C(F)(F)F)c1F. The van der Waals surface area contributed by atoms with Crippen molar-refractivity contribution in [1.82, 2.24) is 0 Å². The highest BCUT2D eigenvalue weighted by Crippen LogP contribution is 2.44. The first kappa shape index (κ1) is 33.3. The van der Waals surface area contributed by atoms with Crippen molar-refractivity contribution in [3.63, 3.8) is 0 Å². The lowest BCUT2D eigenvalue weighted by Gasteiger charge is -2.38. The summed E-state index contributed by atoms with van der Waals surface area (Å²) < 4.78 is 73.5. The second kappa shape index (κ2) is 16.5. The highest BCUT2D eigenvalue weighted by Gasteiger charge is 2.38. The van der Waals surface area contributed by atoms with E-state index in [9.17, 15) is 22.0 Å². The van der Waals surface area contributed by atoms with E-state index >= 15 is 0 Å². The monoisotopic (exact) mass is 596 g/mol. The number of halogens is 5. The van der Waals surface area contributed by atoms with Crippen LogP contribution in [0.1, 0.15) is 134 Å². The van der Waals surface area contributed by atoms with Crippen LogP contribution in [0.5, 0.6) is 5.75 Å². The van der Waals surface area contributed by atoms with E-state index in [-0.39, 0.29) is 30.5 Å². The van der Waals surface area contributed by atoms with Crippen molar-refractivity contribution >= 4 is 6.08 Å². The molecule has 3 saturated carbocycles. The maximum Gasteiger partial charge on any atom is 0.419 e. The Morgan fingerprint density at radius 1 is 0.762 bits per heavy atom. The summed E-state index contributed by atoms with van der Waals surface area (Å²) in [5.41, 5.74) is -1.35.